The smallest absolute Gasteiger partial charge is 0.399 e. The van der Waals surface area contributed by atoms with Crippen molar-refractivity contribution in [2.45, 2.75) is 6.18 Å². The first-order valence-electron chi connectivity index (χ1n) is 5.18. The number of nitrogens with two attached hydrogens (primary N) is 1. The molecule has 1 heterocycles. The molecule has 0 fully saturated rings. The molecule has 0 amide bonds. The molecule has 0 aliphatic heterocycles. The lowest BCUT2D eigenvalue weighted by Gasteiger charge is -2.12. The molecule has 1 aromatic carbocycles. The normalized spacial score (nSPS) is 11.7. The molecule has 0 atom stereocenters. The highest BCUT2D eigenvalue weighted by molar-refractivity contribution is 6.41. The van der Waals surface area contributed by atoms with Crippen molar-refractivity contribution in [3.8, 4) is 11.3 Å². The molecule has 0 unspecified atom stereocenters. The molecule has 0 saturated heterocycles. The monoisotopic (exact) mass is 340 g/mol. The molecule has 0 spiro atoms. The van der Waals surface area contributed by atoms with Crippen molar-refractivity contribution in [1.82, 2.24) is 4.98 Å². The molecule has 0 bridgehead atoms. The molecule has 0 saturated carbocycles. The summed E-state index contributed by atoms with van der Waals surface area (Å²) in [5, 5.41) is 0.113. The Morgan fingerprint density at radius 1 is 0.950 bits per heavy atom. The van der Waals surface area contributed by atoms with E-state index >= 15 is 0 Å². The predicted molar refractivity (Wildman–Crippen MR) is 74.1 cm³/mol. The molecule has 106 valence electrons. The Morgan fingerprint density at radius 3 is 1.95 bits per heavy atom. The first-order valence-corrected chi connectivity index (χ1v) is 6.31. The van der Waals surface area contributed by atoms with E-state index in [0.29, 0.717) is 11.9 Å². The van der Waals surface area contributed by atoms with Crippen molar-refractivity contribution >= 4 is 40.5 Å². The molecule has 2 N–H and O–H groups in total. The summed E-state index contributed by atoms with van der Waals surface area (Å²) in [5.74, 6) is 0. The van der Waals surface area contributed by atoms with E-state index in [1.807, 2.05) is 0 Å². The highest BCUT2D eigenvalue weighted by Gasteiger charge is 2.32. The van der Waals surface area contributed by atoms with Gasteiger partial charge in [-0.15, -0.1) is 0 Å². The third-order valence-electron chi connectivity index (χ3n) is 2.47. The first kappa shape index (κ1) is 15.2. The van der Waals surface area contributed by atoms with Crippen molar-refractivity contribution in [1.29, 1.82) is 0 Å². The Hall–Kier alpha value is -1.17. The predicted octanol–water partition coefficient (Wildman–Crippen LogP) is 5.31. The lowest BCUT2D eigenvalue weighted by molar-refractivity contribution is -0.137. The van der Waals surface area contributed by atoms with E-state index in [1.54, 1.807) is 0 Å². The maximum Gasteiger partial charge on any atom is 0.417 e. The van der Waals surface area contributed by atoms with Crippen LogP contribution in [0.1, 0.15) is 5.56 Å². The van der Waals surface area contributed by atoms with Crippen molar-refractivity contribution in [2.75, 3.05) is 5.73 Å². The fraction of sp³-hybridized carbons (Fsp3) is 0.0833. The summed E-state index contributed by atoms with van der Waals surface area (Å²) >= 11 is 17.8. The molecule has 2 rings (SSSR count). The van der Waals surface area contributed by atoms with Crippen LogP contribution < -0.4 is 5.73 Å². The van der Waals surface area contributed by atoms with Crippen LogP contribution in [0.2, 0.25) is 15.1 Å². The number of aromatic nitrogens is 1. The zero-order valence-electron chi connectivity index (χ0n) is 9.60. The van der Waals surface area contributed by atoms with E-state index in [2.05, 4.69) is 4.98 Å². The Balaban J connectivity index is 2.61. The van der Waals surface area contributed by atoms with Crippen LogP contribution in [0.15, 0.2) is 24.4 Å². The van der Waals surface area contributed by atoms with Gasteiger partial charge in [-0.25, -0.2) is 0 Å². The standard InChI is InChI=1S/C12H6Cl3F3N2/c13-7-2-6(19)3-8(14)10(7)11-9(15)1-5(4-20-11)12(16,17)18/h1-4H,19H2. The summed E-state index contributed by atoms with van der Waals surface area (Å²) in [4.78, 5) is 3.70. The van der Waals surface area contributed by atoms with E-state index in [1.165, 1.54) is 12.1 Å². The van der Waals surface area contributed by atoms with Gasteiger partial charge in [0.15, 0.2) is 0 Å². The van der Waals surface area contributed by atoms with E-state index in [-0.39, 0.29) is 26.3 Å². The minimum absolute atomic E-state index is 0.0645. The van der Waals surface area contributed by atoms with Gasteiger partial charge >= 0.3 is 6.18 Å². The lowest BCUT2D eigenvalue weighted by atomic mass is 10.1. The first-order chi connectivity index (χ1) is 9.20. The maximum absolute atomic E-state index is 12.5. The molecule has 20 heavy (non-hydrogen) atoms. The Kier molecular flexibility index (Phi) is 4.04. The SMILES string of the molecule is Nc1cc(Cl)c(-c2ncc(C(F)(F)F)cc2Cl)c(Cl)c1. The summed E-state index contributed by atoms with van der Waals surface area (Å²) in [6, 6.07) is 3.60. The highest BCUT2D eigenvalue weighted by atomic mass is 35.5. The maximum atomic E-state index is 12.5. The molecule has 0 aliphatic rings. The number of pyridine rings is 1. The molecular formula is C12H6Cl3F3N2. The Labute approximate surface area is 127 Å². The van der Waals surface area contributed by atoms with Gasteiger partial charge in [0.25, 0.3) is 0 Å². The zero-order chi connectivity index (χ0) is 15.1. The molecule has 8 heteroatoms. The second kappa shape index (κ2) is 5.31. The number of rotatable bonds is 1. The van der Waals surface area contributed by atoms with Gasteiger partial charge in [-0.2, -0.15) is 13.2 Å². The van der Waals surface area contributed by atoms with Gasteiger partial charge < -0.3 is 5.73 Å². The molecular weight excluding hydrogens is 335 g/mol. The number of alkyl halides is 3. The topological polar surface area (TPSA) is 38.9 Å². The van der Waals surface area contributed by atoms with Crippen molar-refractivity contribution in [3.05, 3.63) is 45.0 Å². The fourth-order valence-corrected chi connectivity index (χ4v) is 2.54. The summed E-state index contributed by atoms with van der Waals surface area (Å²) < 4.78 is 37.6. The van der Waals surface area contributed by atoms with Gasteiger partial charge in [0.1, 0.15) is 0 Å². The van der Waals surface area contributed by atoms with Crippen LogP contribution in [-0.4, -0.2) is 4.98 Å². The fourth-order valence-electron chi connectivity index (χ4n) is 1.60. The summed E-state index contributed by atoms with van der Waals surface area (Å²) in [5.41, 5.74) is 5.23. The van der Waals surface area contributed by atoms with Crippen LogP contribution >= 0.6 is 34.8 Å². The third kappa shape index (κ3) is 2.95. The van der Waals surface area contributed by atoms with Gasteiger partial charge in [0.05, 0.1) is 26.3 Å². The zero-order valence-corrected chi connectivity index (χ0v) is 11.9. The van der Waals surface area contributed by atoms with Crippen LogP contribution in [0.5, 0.6) is 0 Å². The van der Waals surface area contributed by atoms with Gasteiger partial charge in [-0.05, 0) is 18.2 Å². The Morgan fingerprint density at radius 2 is 1.50 bits per heavy atom. The van der Waals surface area contributed by atoms with Gasteiger partial charge in [-0.3, -0.25) is 4.98 Å². The van der Waals surface area contributed by atoms with Gasteiger partial charge in [-0.1, -0.05) is 34.8 Å². The van der Waals surface area contributed by atoms with Crippen LogP contribution in [0.25, 0.3) is 11.3 Å². The van der Waals surface area contributed by atoms with E-state index in [9.17, 15) is 13.2 Å². The van der Waals surface area contributed by atoms with Crippen LogP contribution in [-0.2, 0) is 6.18 Å². The van der Waals surface area contributed by atoms with Gasteiger partial charge in [0, 0.05) is 17.4 Å². The molecule has 0 radical (unpaired) electrons. The molecule has 1 aromatic heterocycles. The van der Waals surface area contributed by atoms with Gasteiger partial charge in [0.2, 0.25) is 0 Å². The number of anilines is 1. The minimum Gasteiger partial charge on any atom is -0.399 e. The second-order valence-electron chi connectivity index (χ2n) is 3.91. The largest absolute Gasteiger partial charge is 0.417 e. The number of halogens is 6. The van der Waals surface area contributed by atoms with Crippen molar-refractivity contribution in [3.63, 3.8) is 0 Å². The van der Waals surface area contributed by atoms with Crippen molar-refractivity contribution in [2.24, 2.45) is 0 Å². The quantitative estimate of drug-likeness (QED) is 0.714. The number of nitrogens with zero attached hydrogens (tertiary/aromatic N) is 1. The summed E-state index contributed by atoms with van der Waals surface area (Å²) in [6.45, 7) is 0. The number of hydrogen-bond acceptors (Lipinski definition) is 2. The van der Waals surface area contributed by atoms with E-state index < -0.39 is 11.7 Å². The van der Waals surface area contributed by atoms with E-state index in [0.717, 1.165) is 6.07 Å². The highest BCUT2D eigenvalue weighted by Crippen LogP contribution is 2.40. The summed E-state index contributed by atoms with van der Waals surface area (Å²) in [6.07, 6.45) is -3.85. The van der Waals surface area contributed by atoms with Crippen LogP contribution in [0, 0.1) is 0 Å². The minimum atomic E-state index is -4.52. The number of nitrogen functional groups attached to an aromatic ring is 1. The van der Waals surface area contributed by atoms with Crippen LogP contribution in [0.4, 0.5) is 18.9 Å². The number of benzene rings is 1. The number of hydrogen-bond donors (Lipinski definition) is 1. The average Bonchev–Trinajstić information content (AvgIpc) is 2.28. The van der Waals surface area contributed by atoms with Crippen molar-refractivity contribution < 1.29 is 13.2 Å². The second-order valence-corrected chi connectivity index (χ2v) is 5.13. The lowest BCUT2D eigenvalue weighted by Crippen LogP contribution is -2.06. The molecule has 0 aliphatic carbocycles. The average molecular weight is 342 g/mol. The Bertz CT molecular complexity index is 648. The third-order valence-corrected chi connectivity index (χ3v) is 3.35. The molecule has 2 nitrogen and oxygen atoms in total. The van der Waals surface area contributed by atoms with E-state index in [4.69, 9.17) is 40.5 Å². The summed E-state index contributed by atoms with van der Waals surface area (Å²) in [7, 11) is 0. The molecule has 2 aromatic rings. The van der Waals surface area contributed by atoms with Crippen LogP contribution in [0.3, 0.4) is 0 Å².